The minimum absolute atomic E-state index is 0.276. The zero-order valence-corrected chi connectivity index (χ0v) is 9.72. The van der Waals surface area contributed by atoms with E-state index in [4.69, 9.17) is 0 Å². The molecule has 1 aromatic rings. The Balaban J connectivity index is 2.51. The zero-order valence-electron chi connectivity index (χ0n) is 8.09. The summed E-state index contributed by atoms with van der Waals surface area (Å²) in [6.07, 6.45) is 1.61. The minimum Gasteiger partial charge on any atom is -0.388 e. The van der Waals surface area contributed by atoms with Gasteiger partial charge in [-0.2, -0.15) is 0 Å². The van der Waals surface area contributed by atoms with Crippen molar-refractivity contribution in [1.29, 1.82) is 0 Å². The standard InChI is InChI=1S/C10H12O3S2/c1-2-3-7-6-9(11)8-4-5-14-10(8)15(7,12)13/h2,4-5,7,9,11H,1,3,6H2. The molecule has 0 amide bonds. The average molecular weight is 244 g/mol. The first kappa shape index (κ1) is 10.9. The number of hydrogen-bond acceptors (Lipinski definition) is 4. The van der Waals surface area contributed by atoms with E-state index in [0.717, 1.165) is 0 Å². The summed E-state index contributed by atoms with van der Waals surface area (Å²) in [7, 11) is -3.25. The van der Waals surface area contributed by atoms with Gasteiger partial charge in [-0.15, -0.1) is 17.9 Å². The van der Waals surface area contributed by atoms with Gasteiger partial charge < -0.3 is 5.11 Å². The molecule has 1 aliphatic heterocycles. The Kier molecular flexibility index (Phi) is 2.70. The summed E-state index contributed by atoms with van der Waals surface area (Å²) >= 11 is 1.18. The SMILES string of the molecule is C=CCC1CC(O)c2ccsc2S1(=O)=O. The van der Waals surface area contributed by atoms with Gasteiger partial charge in [-0.25, -0.2) is 8.42 Å². The number of aliphatic hydroxyl groups is 1. The quantitative estimate of drug-likeness (QED) is 0.808. The van der Waals surface area contributed by atoms with Crippen molar-refractivity contribution in [2.24, 2.45) is 0 Å². The van der Waals surface area contributed by atoms with Crippen LogP contribution in [0.15, 0.2) is 28.3 Å². The number of allylic oxidation sites excluding steroid dienone is 1. The van der Waals surface area contributed by atoms with Crippen LogP contribution >= 0.6 is 11.3 Å². The molecule has 2 heterocycles. The van der Waals surface area contributed by atoms with Crippen LogP contribution in [0.3, 0.4) is 0 Å². The van der Waals surface area contributed by atoms with Crippen LogP contribution in [0.1, 0.15) is 24.5 Å². The van der Waals surface area contributed by atoms with E-state index < -0.39 is 21.2 Å². The lowest BCUT2D eigenvalue weighted by Gasteiger charge is -2.25. The van der Waals surface area contributed by atoms with Crippen molar-refractivity contribution in [2.45, 2.75) is 28.4 Å². The largest absolute Gasteiger partial charge is 0.388 e. The maximum Gasteiger partial charge on any atom is 0.191 e. The summed E-state index contributed by atoms with van der Waals surface area (Å²) in [6, 6.07) is 1.69. The molecule has 15 heavy (non-hydrogen) atoms. The average Bonchev–Trinajstić information content (AvgIpc) is 2.64. The Morgan fingerprint density at radius 3 is 3.07 bits per heavy atom. The van der Waals surface area contributed by atoms with Crippen LogP contribution in [0.4, 0.5) is 0 Å². The van der Waals surface area contributed by atoms with E-state index in [9.17, 15) is 13.5 Å². The first-order valence-corrected chi connectivity index (χ1v) is 7.10. The van der Waals surface area contributed by atoms with Crippen LogP contribution < -0.4 is 0 Å². The molecule has 2 atom stereocenters. The molecule has 0 aromatic carbocycles. The number of thiophene rings is 1. The van der Waals surface area contributed by atoms with Crippen molar-refractivity contribution < 1.29 is 13.5 Å². The third kappa shape index (κ3) is 1.64. The second kappa shape index (κ2) is 3.73. The summed E-state index contributed by atoms with van der Waals surface area (Å²) in [6.45, 7) is 3.55. The van der Waals surface area contributed by atoms with Crippen molar-refractivity contribution in [2.75, 3.05) is 0 Å². The third-order valence-electron chi connectivity index (χ3n) is 2.63. The van der Waals surface area contributed by atoms with Crippen molar-refractivity contribution in [3.8, 4) is 0 Å². The Morgan fingerprint density at radius 2 is 2.40 bits per heavy atom. The molecule has 5 heteroatoms. The van der Waals surface area contributed by atoms with Gasteiger partial charge >= 0.3 is 0 Å². The highest BCUT2D eigenvalue weighted by atomic mass is 32.2. The van der Waals surface area contributed by atoms with Crippen molar-refractivity contribution in [3.05, 3.63) is 29.7 Å². The number of aliphatic hydroxyl groups excluding tert-OH is 1. The molecular weight excluding hydrogens is 232 g/mol. The number of hydrogen-bond donors (Lipinski definition) is 1. The highest BCUT2D eigenvalue weighted by molar-refractivity contribution is 7.94. The molecular formula is C10H12O3S2. The van der Waals surface area contributed by atoms with Gasteiger partial charge in [-0.05, 0) is 24.3 Å². The fourth-order valence-corrected chi connectivity index (χ4v) is 5.30. The Labute approximate surface area is 93.0 Å². The highest BCUT2D eigenvalue weighted by Gasteiger charge is 2.38. The number of sulfone groups is 1. The van der Waals surface area contributed by atoms with E-state index in [1.165, 1.54) is 11.3 Å². The maximum absolute atomic E-state index is 12.1. The molecule has 0 saturated heterocycles. The van der Waals surface area contributed by atoms with Gasteiger partial charge in [-0.3, -0.25) is 0 Å². The molecule has 0 spiro atoms. The predicted molar refractivity (Wildman–Crippen MR) is 59.7 cm³/mol. The Hall–Kier alpha value is -0.650. The first-order chi connectivity index (χ1) is 7.07. The third-order valence-corrected chi connectivity index (χ3v) is 6.35. The zero-order chi connectivity index (χ0) is 11.1. The summed E-state index contributed by atoms with van der Waals surface area (Å²) in [5.41, 5.74) is 0.556. The van der Waals surface area contributed by atoms with Crippen molar-refractivity contribution >= 4 is 21.2 Å². The van der Waals surface area contributed by atoms with Gasteiger partial charge in [0, 0.05) is 5.56 Å². The Morgan fingerprint density at radius 1 is 1.67 bits per heavy atom. The van der Waals surface area contributed by atoms with E-state index >= 15 is 0 Å². The van der Waals surface area contributed by atoms with Crippen LogP contribution in [-0.2, 0) is 9.84 Å². The summed E-state index contributed by atoms with van der Waals surface area (Å²) in [5.74, 6) is 0. The normalized spacial score (nSPS) is 28.3. The minimum atomic E-state index is -3.25. The molecule has 1 N–H and O–H groups in total. The Bertz CT molecular complexity index is 473. The molecule has 1 aliphatic rings. The van der Waals surface area contributed by atoms with E-state index in [-0.39, 0.29) is 6.42 Å². The fraction of sp³-hybridized carbons (Fsp3) is 0.400. The molecule has 0 saturated carbocycles. The molecule has 2 rings (SSSR count). The molecule has 0 radical (unpaired) electrons. The van der Waals surface area contributed by atoms with Gasteiger partial charge in [0.25, 0.3) is 0 Å². The molecule has 0 bridgehead atoms. The molecule has 2 unspecified atom stereocenters. The lowest BCUT2D eigenvalue weighted by Crippen LogP contribution is -2.28. The van der Waals surface area contributed by atoms with Crippen LogP contribution in [0.5, 0.6) is 0 Å². The predicted octanol–water partition coefficient (Wildman–Crippen LogP) is 1.90. The second-order valence-electron chi connectivity index (χ2n) is 3.61. The maximum atomic E-state index is 12.1. The molecule has 1 aromatic heterocycles. The van der Waals surface area contributed by atoms with E-state index in [1.54, 1.807) is 17.5 Å². The topological polar surface area (TPSA) is 54.4 Å². The molecule has 82 valence electrons. The lowest BCUT2D eigenvalue weighted by molar-refractivity contribution is 0.160. The fourth-order valence-electron chi connectivity index (χ4n) is 1.85. The van der Waals surface area contributed by atoms with Crippen molar-refractivity contribution in [3.63, 3.8) is 0 Å². The van der Waals surface area contributed by atoms with Crippen LogP contribution in [0, 0.1) is 0 Å². The number of rotatable bonds is 2. The highest BCUT2D eigenvalue weighted by Crippen LogP contribution is 2.40. The summed E-state index contributed by atoms with van der Waals surface area (Å²) in [5, 5.41) is 11.0. The van der Waals surface area contributed by atoms with E-state index in [0.29, 0.717) is 16.2 Å². The molecule has 3 nitrogen and oxygen atoms in total. The van der Waals surface area contributed by atoms with Gasteiger partial charge in [0.15, 0.2) is 9.84 Å². The van der Waals surface area contributed by atoms with E-state index in [1.807, 2.05) is 0 Å². The second-order valence-corrected chi connectivity index (χ2v) is 6.95. The molecule has 0 fully saturated rings. The van der Waals surface area contributed by atoms with Crippen LogP contribution in [-0.4, -0.2) is 18.8 Å². The number of fused-ring (bicyclic) bond motifs is 1. The van der Waals surface area contributed by atoms with Crippen LogP contribution in [0.2, 0.25) is 0 Å². The summed E-state index contributed by atoms with van der Waals surface area (Å²) < 4.78 is 24.4. The monoisotopic (exact) mass is 244 g/mol. The first-order valence-electron chi connectivity index (χ1n) is 4.67. The smallest absolute Gasteiger partial charge is 0.191 e. The van der Waals surface area contributed by atoms with Gasteiger partial charge in [0.2, 0.25) is 0 Å². The molecule has 0 aliphatic carbocycles. The van der Waals surface area contributed by atoms with Gasteiger partial charge in [0.05, 0.1) is 11.4 Å². The van der Waals surface area contributed by atoms with Crippen LogP contribution in [0.25, 0.3) is 0 Å². The van der Waals surface area contributed by atoms with Gasteiger partial charge in [-0.1, -0.05) is 6.08 Å². The lowest BCUT2D eigenvalue weighted by atomic mass is 10.1. The van der Waals surface area contributed by atoms with E-state index in [2.05, 4.69) is 6.58 Å². The van der Waals surface area contributed by atoms with Gasteiger partial charge in [0.1, 0.15) is 4.21 Å². The summed E-state index contributed by atoms with van der Waals surface area (Å²) in [4.78, 5) is 0. The van der Waals surface area contributed by atoms with Crippen molar-refractivity contribution in [1.82, 2.24) is 0 Å².